The Bertz CT molecular complexity index is 341. The smallest absolute Gasteiger partial charge is 0.307 e. The summed E-state index contributed by atoms with van der Waals surface area (Å²) in [4.78, 5) is 10.8. The maximum Gasteiger partial charge on any atom is 0.307 e. The lowest BCUT2D eigenvalue weighted by Gasteiger charge is -2.23. The second kappa shape index (κ2) is 8.44. The van der Waals surface area contributed by atoms with Gasteiger partial charge in [0.15, 0.2) is 0 Å². The molecule has 0 fully saturated rings. The molecule has 0 aliphatic carbocycles. The number of sulfonamides is 1. The zero-order chi connectivity index (χ0) is 14.2. The Morgan fingerprint density at radius 2 is 2.06 bits per heavy atom. The third kappa shape index (κ3) is 6.32. The van der Waals surface area contributed by atoms with Crippen LogP contribution in [0, 0.1) is 5.92 Å². The summed E-state index contributed by atoms with van der Waals surface area (Å²) in [5.74, 6) is -1.67. The number of ether oxygens (including phenoxy) is 1. The van der Waals surface area contributed by atoms with Crippen molar-refractivity contribution in [2.45, 2.75) is 26.7 Å². The average Bonchev–Trinajstić information content (AvgIpc) is 2.31. The molecular weight excluding hydrogens is 258 g/mol. The summed E-state index contributed by atoms with van der Waals surface area (Å²) < 4.78 is 30.1. The summed E-state index contributed by atoms with van der Waals surface area (Å²) in [6.07, 6.45) is 1.36. The van der Waals surface area contributed by atoms with Crippen molar-refractivity contribution >= 4 is 16.0 Å². The van der Waals surface area contributed by atoms with E-state index < -0.39 is 21.9 Å². The van der Waals surface area contributed by atoms with Gasteiger partial charge in [0, 0.05) is 20.2 Å². The summed E-state index contributed by atoms with van der Waals surface area (Å²) in [5, 5.41) is 8.85. The van der Waals surface area contributed by atoms with E-state index in [2.05, 4.69) is 0 Å². The molecule has 108 valence electrons. The van der Waals surface area contributed by atoms with Crippen molar-refractivity contribution < 1.29 is 23.1 Å². The minimum Gasteiger partial charge on any atom is -0.481 e. The largest absolute Gasteiger partial charge is 0.481 e. The van der Waals surface area contributed by atoms with Gasteiger partial charge in [-0.05, 0) is 6.42 Å². The molecule has 0 bridgehead atoms. The van der Waals surface area contributed by atoms with E-state index in [1.165, 1.54) is 18.3 Å². The molecule has 6 nitrogen and oxygen atoms in total. The van der Waals surface area contributed by atoms with Crippen LogP contribution in [-0.4, -0.2) is 56.4 Å². The van der Waals surface area contributed by atoms with Gasteiger partial charge >= 0.3 is 5.97 Å². The van der Waals surface area contributed by atoms with Crippen LogP contribution < -0.4 is 0 Å². The molecule has 18 heavy (non-hydrogen) atoms. The summed E-state index contributed by atoms with van der Waals surface area (Å²) in [5.41, 5.74) is 0. The Kier molecular flexibility index (Phi) is 8.13. The van der Waals surface area contributed by atoms with Gasteiger partial charge in [0.1, 0.15) is 0 Å². The lowest BCUT2D eigenvalue weighted by atomic mass is 10.2. The first-order valence-corrected chi connectivity index (χ1v) is 7.65. The van der Waals surface area contributed by atoms with Crippen molar-refractivity contribution in [3.8, 4) is 0 Å². The van der Waals surface area contributed by atoms with Crippen LogP contribution in [0.2, 0.25) is 0 Å². The van der Waals surface area contributed by atoms with E-state index in [-0.39, 0.29) is 25.4 Å². The fourth-order valence-electron chi connectivity index (χ4n) is 1.38. The van der Waals surface area contributed by atoms with Crippen molar-refractivity contribution in [3.05, 3.63) is 0 Å². The maximum absolute atomic E-state index is 12.0. The van der Waals surface area contributed by atoms with Crippen molar-refractivity contribution in [2.75, 3.05) is 32.6 Å². The molecule has 7 heteroatoms. The first-order valence-electron chi connectivity index (χ1n) is 6.04. The van der Waals surface area contributed by atoms with E-state index in [9.17, 15) is 13.2 Å². The highest BCUT2D eigenvalue weighted by Crippen LogP contribution is 2.09. The molecule has 0 saturated heterocycles. The first kappa shape index (κ1) is 17.3. The summed E-state index contributed by atoms with van der Waals surface area (Å²) in [6.45, 7) is 3.86. The zero-order valence-electron chi connectivity index (χ0n) is 11.3. The number of aliphatic carboxylic acids is 1. The first-order chi connectivity index (χ1) is 8.35. The van der Waals surface area contributed by atoms with Crippen LogP contribution >= 0.6 is 0 Å². The van der Waals surface area contributed by atoms with Gasteiger partial charge in [-0.25, -0.2) is 8.42 Å². The number of carboxylic acids is 1. The lowest BCUT2D eigenvalue weighted by molar-refractivity contribution is -0.141. The number of hydrogen-bond acceptors (Lipinski definition) is 4. The summed E-state index contributed by atoms with van der Waals surface area (Å²) in [7, 11) is -1.91. The summed E-state index contributed by atoms with van der Waals surface area (Å²) >= 11 is 0. The van der Waals surface area contributed by atoms with Crippen LogP contribution in [0.5, 0.6) is 0 Å². The third-order valence-corrected chi connectivity index (χ3v) is 4.52. The minimum absolute atomic E-state index is 0.00919. The van der Waals surface area contributed by atoms with Crippen molar-refractivity contribution in [3.63, 3.8) is 0 Å². The number of carbonyl (C=O) groups is 1. The van der Waals surface area contributed by atoms with Crippen LogP contribution in [0.25, 0.3) is 0 Å². The Morgan fingerprint density at radius 3 is 2.50 bits per heavy atom. The number of rotatable bonds is 10. The highest BCUT2D eigenvalue weighted by molar-refractivity contribution is 7.89. The van der Waals surface area contributed by atoms with Crippen molar-refractivity contribution in [1.82, 2.24) is 4.31 Å². The molecule has 0 saturated carbocycles. The van der Waals surface area contributed by atoms with Gasteiger partial charge in [0.2, 0.25) is 10.0 Å². The molecule has 0 aromatic heterocycles. The predicted molar refractivity (Wildman–Crippen MR) is 68.9 cm³/mol. The SMILES string of the molecule is CCCCS(=O)(=O)N(CCOC)CC(C)C(=O)O. The number of nitrogens with zero attached hydrogens (tertiary/aromatic N) is 1. The summed E-state index contributed by atoms with van der Waals surface area (Å²) in [6, 6.07) is 0. The van der Waals surface area contributed by atoms with E-state index in [1.807, 2.05) is 6.92 Å². The third-order valence-electron chi connectivity index (χ3n) is 2.59. The number of methoxy groups -OCH3 is 1. The van der Waals surface area contributed by atoms with Gasteiger partial charge in [0.05, 0.1) is 18.3 Å². The van der Waals surface area contributed by atoms with Crippen LogP contribution in [0.15, 0.2) is 0 Å². The van der Waals surface area contributed by atoms with E-state index in [0.717, 1.165) is 6.42 Å². The molecule has 1 unspecified atom stereocenters. The molecule has 0 aliphatic rings. The predicted octanol–water partition coefficient (Wildman–Crippen LogP) is 0.785. The van der Waals surface area contributed by atoms with Crippen LogP contribution in [-0.2, 0) is 19.6 Å². The van der Waals surface area contributed by atoms with Gasteiger partial charge in [-0.15, -0.1) is 0 Å². The fraction of sp³-hybridized carbons (Fsp3) is 0.909. The Morgan fingerprint density at radius 1 is 1.44 bits per heavy atom. The number of hydrogen-bond donors (Lipinski definition) is 1. The fourth-order valence-corrected chi connectivity index (χ4v) is 3.09. The van der Waals surface area contributed by atoms with Crippen LogP contribution in [0.3, 0.4) is 0 Å². The molecule has 0 aliphatic heterocycles. The van der Waals surface area contributed by atoms with Crippen molar-refractivity contribution in [1.29, 1.82) is 0 Å². The monoisotopic (exact) mass is 281 g/mol. The van der Waals surface area contributed by atoms with E-state index >= 15 is 0 Å². The molecule has 0 rings (SSSR count). The topological polar surface area (TPSA) is 83.9 Å². The Hall–Kier alpha value is -0.660. The second-order valence-corrected chi connectivity index (χ2v) is 6.35. The average molecular weight is 281 g/mol. The van der Waals surface area contributed by atoms with Gasteiger partial charge in [-0.3, -0.25) is 4.79 Å². The number of unbranched alkanes of at least 4 members (excludes halogenated alkanes) is 1. The molecule has 1 atom stereocenters. The van der Waals surface area contributed by atoms with Gasteiger partial charge in [-0.2, -0.15) is 4.31 Å². The molecule has 1 N–H and O–H groups in total. The molecule has 0 heterocycles. The normalized spacial score (nSPS) is 13.8. The Balaban J connectivity index is 4.70. The van der Waals surface area contributed by atoms with Crippen LogP contribution in [0.4, 0.5) is 0 Å². The molecule has 0 radical (unpaired) electrons. The lowest BCUT2D eigenvalue weighted by Crippen LogP contribution is -2.40. The van der Waals surface area contributed by atoms with Gasteiger partial charge < -0.3 is 9.84 Å². The molecule has 0 aromatic rings. The van der Waals surface area contributed by atoms with Gasteiger partial charge in [-0.1, -0.05) is 20.3 Å². The van der Waals surface area contributed by atoms with Crippen molar-refractivity contribution in [2.24, 2.45) is 5.92 Å². The number of carboxylic acid groups (broad SMARTS) is 1. The molecule has 0 amide bonds. The minimum atomic E-state index is -3.40. The zero-order valence-corrected chi connectivity index (χ0v) is 12.1. The van der Waals surface area contributed by atoms with Crippen LogP contribution in [0.1, 0.15) is 26.7 Å². The Labute approximate surface area is 109 Å². The standard InChI is InChI=1S/C11H23NO5S/c1-4-5-8-18(15,16)12(6-7-17-3)9-10(2)11(13)14/h10H,4-9H2,1-3H3,(H,13,14). The maximum atomic E-state index is 12.0. The molecular formula is C11H23NO5S. The molecule has 0 spiro atoms. The highest BCUT2D eigenvalue weighted by Gasteiger charge is 2.25. The quantitative estimate of drug-likeness (QED) is 0.640. The molecule has 0 aromatic carbocycles. The van der Waals surface area contributed by atoms with E-state index in [4.69, 9.17) is 9.84 Å². The van der Waals surface area contributed by atoms with E-state index in [1.54, 1.807) is 0 Å². The van der Waals surface area contributed by atoms with E-state index in [0.29, 0.717) is 6.42 Å². The second-order valence-electron chi connectivity index (χ2n) is 4.26. The van der Waals surface area contributed by atoms with Gasteiger partial charge in [0.25, 0.3) is 0 Å². The highest BCUT2D eigenvalue weighted by atomic mass is 32.2.